The fourth-order valence-corrected chi connectivity index (χ4v) is 2.05. The molecular weight excluding hydrogens is 196 g/mol. The Morgan fingerprint density at radius 2 is 1.88 bits per heavy atom. The van der Waals surface area contributed by atoms with Crippen LogP contribution in [0.3, 0.4) is 0 Å². The van der Waals surface area contributed by atoms with E-state index in [4.69, 9.17) is 0 Å². The zero-order chi connectivity index (χ0) is 12.0. The quantitative estimate of drug-likeness (QED) is 0.708. The summed E-state index contributed by atoms with van der Waals surface area (Å²) in [5, 5.41) is 10.1. The van der Waals surface area contributed by atoms with Crippen molar-refractivity contribution in [2.45, 2.75) is 59.0 Å². The van der Waals surface area contributed by atoms with Gasteiger partial charge in [0.2, 0.25) is 0 Å². The van der Waals surface area contributed by atoms with Crippen LogP contribution < -0.4 is 0 Å². The molecule has 0 fully saturated rings. The average molecular weight is 220 g/mol. The fraction of sp³-hybridized carbons (Fsp3) is 0.600. The summed E-state index contributed by atoms with van der Waals surface area (Å²) in [6.45, 7) is 6.41. The maximum absolute atomic E-state index is 10.1. The molecule has 90 valence electrons. The van der Waals surface area contributed by atoms with Crippen molar-refractivity contribution in [1.82, 2.24) is 0 Å². The van der Waals surface area contributed by atoms with Crippen LogP contribution in [0.2, 0.25) is 0 Å². The van der Waals surface area contributed by atoms with E-state index in [1.807, 2.05) is 12.1 Å². The highest BCUT2D eigenvalue weighted by molar-refractivity contribution is 5.34. The Balaban J connectivity index is 2.52. The Morgan fingerprint density at radius 3 is 2.56 bits per heavy atom. The lowest BCUT2D eigenvalue weighted by Gasteiger charge is -2.15. The van der Waals surface area contributed by atoms with Crippen molar-refractivity contribution in [3.05, 3.63) is 34.9 Å². The standard InChI is InChI=1S/C15H24O/c1-4-5-6-7-11-15(16)14-10-8-9-12(2)13(14)3/h8-10,15-16H,4-7,11H2,1-3H3. The van der Waals surface area contributed by atoms with Gasteiger partial charge in [0.25, 0.3) is 0 Å². The first kappa shape index (κ1) is 13.2. The van der Waals surface area contributed by atoms with E-state index in [1.54, 1.807) is 0 Å². The van der Waals surface area contributed by atoms with Crippen LogP contribution in [0, 0.1) is 13.8 Å². The summed E-state index contributed by atoms with van der Waals surface area (Å²) >= 11 is 0. The average Bonchev–Trinajstić information content (AvgIpc) is 2.28. The summed E-state index contributed by atoms with van der Waals surface area (Å²) in [7, 11) is 0. The van der Waals surface area contributed by atoms with Gasteiger partial charge in [-0.1, -0.05) is 50.8 Å². The van der Waals surface area contributed by atoms with E-state index in [-0.39, 0.29) is 6.10 Å². The second-order valence-electron chi connectivity index (χ2n) is 4.65. The van der Waals surface area contributed by atoms with Crippen molar-refractivity contribution in [2.24, 2.45) is 0 Å². The molecule has 0 aliphatic rings. The van der Waals surface area contributed by atoms with Gasteiger partial charge in [0.15, 0.2) is 0 Å². The van der Waals surface area contributed by atoms with Gasteiger partial charge >= 0.3 is 0 Å². The van der Waals surface area contributed by atoms with E-state index in [1.165, 1.54) is 30.4 Å². The van der Waals surface area contributed by atoms with Crippen LogP contribution in [-0.2, 0) is 0 Å². The van der Waals surface area contributed by atoms with E-state index in [2.05, 4.69) is 26.8 Å². The highest BCUT2D eigenvalue weighted by Gasteiger charge is 2.10. The van der Waals surface area contributed by atoms with E-state index < -0.39 is 0 Å². The Kier molecular flexibility index (Phi) is 5.54. The van der Waals surface area contributed by atoms with Crippen LogP contribution in [0.1, 0.15) is 61.8 Å². The molecule has 0 radical (unpaired) electrons. The molecule has 1 nitrogen and oxygen atoms in total. The largest absolute Gasteiger partial charge is 0.388 e. The van der Waals surface area contributed by atoms with Crippen LogP contribution in [0.15, 0.2) is 18.2 Å². The van der Waals surface area contributed by atoms with Crippen LogP contribution in [0.4, 0.5) is 0 Å². The number of rotatable bonds is 6. The van der Waals surface area contributed by atoms with Crippen LogP contribution in [0.25, 0.3) is 0 Å². The Morgan fingerprint density at radius 1 is 1.12 bits per heavy atom. The van der Waals surface area contributed by atoms with Crippen molar-refractivity contribution < 1.29 is 5.11 Å². The number of aliphatic hydroxyl groups is 1. The lowest BCUT2D eigenvalue weighted by atomic mass is 9.96. The van der Waals surface area contributed by atoms with Crippen molar-refractivity contribution in [2.75, 3.05) is 0 Å². The van der Waals surface area contributed by atoms with E-state index in [9.17, 15) is 5.11 Å². The molecule has 1 rings (SSSR count). The van der Waals surface area contributed by atoms with Gasteiger partial charge in [-0.25, -0.2) is 0 Å². The van der Waals surface area contributed by atoms with Gasteiger partial charge in [-0.05, 0) is 37.0 Å². The summed E-state index contributed by atoms with van der Waals surface area (Å²) in [6, 6.07) is 6.18. The minimum atomic E-state index is -0.281. The topological polar surface area (TPSA) is 20.2 Å². The molecule has 1 N–H and O–H groups in total. The predicted octanol–water partition coefficient (Wildman–Crippen LogP) is 4.31. The lowest BCUT2D eigenvalue weighted by molar-refractivity contribution is 0.162. The smallest absolute Gasteiger partial charge is 0.0792 e. The Bertz CT molecular complexity index is 317. The van der Waals surface area contributed by atoms with Crippen LogP contribution >= 0.6 is 0 Å². The van der Waals surface area contributed by atoms with Crippen LogP contribution in [-0.4, -0.2) is 5.11 Å². The summed E-state index contributed by atoms with van der Waals surface area (Å²) in [5.41, 5.74) is 3.62. The number of aryl methyl sites for hydroxylation is 1. The molecule has 0 bridgehead atoms. The molecule has 1 unspecified atom stereocenters. The third-order valence-electron chi connectivity index (χ3n) is 3.34. The molecular formula is C15H24O. The van der Waals surface area contributed by atoms with Gasteiger partial charge in [0.05, 0.1) is 6.10 Å². The van der Waals surface area contributed by atoms with E-state index in [0.717, 1.165) is 18.4 Å². The minimum Gasteiger partial charge on any atom is -0.388 e. The van der Waals surface area contributed by atoms with Gasteiger partial charge in [0, 0.05) is 0 Å². The van der Waals surface area contributed by atoms with Crippen molar-refractivity contribution in [3.63, 3.8) is 0 Å². The fourth-order valence-electron chi connectivity index (χ4n) is 2.05. The molecule has 0 aliphatic heterocycles. The number of benzene rings is 1. The van der Waals surface area contributed by atoms with Gasteiger partial charge in [0.1, 0.15) is 0 Å². The third kappa shape index (κ3) is 3.64. The van der Waals surface area contributed by atoms with Gasteiger partial charge in [-0.15, -0.1) is 0 Å². The highest BCUT2D eigenvalue weighted by atomic mass is 16.3. The maximum atomic E-state index is 10.1. The number of hydrogen-bond acceptors (Lipinski definition) is 1. The molecule has 0 aromatic heterocycles. The van der Waals surface area contributed by atoms with Crippen molar-refractivity contribution >= 4 is 0 Å². The second-order valence-corrected chi connectivity index (χ2v) is 4.65. The Hall–Kier alpha value is -0.820. The second kappa shape index (κ2) is 6.70. The zero-order valence-corrected chi connectivity index (χ0v) is 10.8. The number of aliphatic hydroxyl groups excluding tert-OH is 1. The SMILES string of the molecule is CCCCCCC(O)c1cccc(C)c1C. The number of hydrogen-bond donors (Lipinski definition) is 1. The first-order valence-electron chi connectivity index (χ1n) is 6.41. The highest BCUT2D eigenvalue weighted by Crippen LogP contribution is 2.24. The Labute approximate surface area is 99.5 Å². The normalized spacial score (nSPS) is 12.8. The molecule has 1 aromatic rings. The van der Waals surface area contributed by atoms with Gasteiger partial charge in [-0.3, -0.25) is 0 Å². The molecule has 1 aromatic carbocycles. The molecule has 1 atom stereocenters. The summed E-state index contributed by atoms with van der Waals surface area (Å²) in [4.78, 5) is 0. The molecule has 1 heteroatoms. The van der Waals surface area contributed by atoms with Crippen molar-refractivity contribution in [3.8, 4) is 0 Å². The zero-order valence-electron chi connectivity index (χ0n) is 10.8. The molecule has 0 saturated carbocycles. The molecule has 0 amide bonds. The first-order chi connectivity index (χ1) is 7.66. The van der Waals surface area contributed by atoms with Gasteiger partial charge in [-0.2, -0.15) is 0 Å². The molecule has 16 heavy (non-hydrogen) atoms. The monoisotopic (exact) mass is 220 g/mol. The molecule has 0 saturated heterocycles. The maximum Gasteiger partial charge on any atom is 0.0792 e. The molecule has 0 heterocycles. The summed E-state index contributed by atoms with van der Waals surface area (Å²) in [6.07, 6.45) is 5.50. The first-order valence-corrected chi connectivity index (χ1v) is 6.41. The molecule has 0 spiro atoms. The predicted molar refractivity (Wildman–Crippen MR) is 69.6 cm³/mol. The molecule has 0 aliphatic carbocycles. The lowest BCUT2D eigenvalue weighted by Crippen LogP contribution is -2.01. The third-order valence-corrected chi connectivity index (χ3v) is 3.34. The van der Waals surface area contributed by atoms with E-state index in [0.29, 0.717) is 0 Å². The minimum absolute atomic E-state index is 0.281. The van der Waals surface area contributed by atoms with Crippen LogP contribution in [0.5, 0.6) is 0 Å². The number of unbranched alkanes of at least 4 members (excludes halogenated alkanes) is 3. The van der Waals surface area contributed by atoms with E-state index >= 15 is 0 Å². The van der Waals surface area contributed by atoms with Gasteiger partial charge < -0.3 is 5.11 Å². The summed E-state index contributed by atoms with van der Waals surface area (Å²) < 4.78 is 0. The summed E-state index contributed by atoms with van der Waals surface area (Å²) in [5.74, 6) is 0. The van der Waals surface area contributed by atoms with Crippen molar-refractivity contribution in [1.29, 1.82) is 0 Å².